The number of fused-ring (bicyclic) bond motifs is 1. The van der Waals surface area contributed by atoms with E-state index >= 15 is 0 Å². The molecule has 3 rings (SSSR count). The first-order chi connectivity index (χ1) is 11.3. The van der Waals surface area contributed by atoms with Crippen molar-refractivity contribution in [1.82, 2.24) is 5.32 Å². The van der Waals surface area contributed by atoms with Crippen LogP contribution in [0.3, 0.4) is 0 Å². The van der Waals surface area contributed by atoms with Gasteiger partial charge in [-0.05, 0) is 34.7 Å². The first-order valence-corrected chi connectivity index (χ1v) is 7.62. The number of rotatable bonds is 6. The predicted octanol–water partition coefficient (Wildman–Crippen LogP) is 3.69. The van der Waals surface area contributed by atoms with Crippen LogP contribution in [0.2, 0.25) is 0 Å². The van der Waals surface area contributed by atoms with E-state index in [2.05, 4.69) is 35.1 Å². The third kappa shape index (κ3) is 3.62. The van der Waals surface area contributed by atoms with Crippen LogP contribution in [0.15, 0.2) is 60.7 Å². The Morgan fingerprint density at radius 2 is 1.61 bits per heavy atom. The smallest absolute Gasteiger partial charge is 0.0683 e. The van der Waals surface area contributed by atoms with E-state index in [1.807, 2.05) is 36.4 Å². The maximum absolute atomic E-state index is 5.71. The number of hydrogen-bond acceptors (Lipinski definition) is 4. The van der Waals surface area contributed by atoms with Crippen LogP contribution in [0, 0.1) is 0 Å². The van der Waals surface area contributed by atoms with Gasteiger partial charge in [0.05, 0.1) is 12.8 Å². The van der Waals surface area contributed by atoms with Crippen LogP contribution in [-0.2, 0) is 17.9 Å². The van der Waals surface area contributed by atoms with Gasteiger partial charge < -0.3 is 11.1 Å². The van der Waals surface area contributed by atoms with E-state index < -0.39 is 0 Å². The minimum atomic E-state index is 0.793. The van der Waals surface area contributed by atoms with Gasteiger partial charge in [0.2, 0.25) is 0 Å². The Balaban J connectivity index is 1.75. The molecule has 23 heavy (non-hydrogen) atoms. The second kappa shape index (κ2) is 7.13. The summed E-state index contributed by atoms with van der Waals surface area (Å²) in [5.41, 5.74) is 12.9. The average Bonchev–Trinajstić information content (AvgIpc) is 2.58. The molecule has 0 atom stereocenters. The zero-order chi connectivity index (χ0) is 16.1. The van der Waals surface area contributed by atoms with Crippen molar-refractivity contribution in [2.75, 3.05) is 18.3 Å². The van der Waals surface area contributed by atoms with Gasteiger partial charge in [-0.1, -0.05) is 42.5 Å². The van der Waals surface area contributed by atoms with E-state index in [-0.39, 0.29) is 0 Å². The van der Waals surface area contributed by atoms with Crippen LogP contribution in [0.5, 0.6) is 0 Å². The molecule has 0 saturated carbocycles. The molecule has 0 aromatic heterocycles. The number of nitrogen functional groups attached to an aromatic ring is 1. The monoisotopic (exact) mass is 307 g/mol. The molecule has 0 aliphatic carbocycles. The summed E-state index contributed by atoms with van der Waals surface area (Å²) >= 11 is 0. The number of nitrogens with two attached hydrogens (primary N) is 1. The van der Waals surface area contributed by atoms with Gasteiger partial charge in [0.15, 0.2) is 0 Å². The lowest BCUT2D eigenvalue weighted by Gasteiger charge is -2.12. The van der Waals surface area contributed by atoms with E-state index in [1.54, 1.807) is 7.11 Å². The molecule has 0 fully saturated rings. The summed E-state index contributed by atoms with van der Waals surface area (Å²) < 4.78 is 0. The van der Waals surface area contributed by atoms with E-state index in [0.29, 0.717) is 0 Å². The molecular weight excluding hydrogens is 286 g/mol. The quantitative estimate of drug-likeness (QED) is 0.480. The van der Waals surface area contributed by atoms with Crippen LogP contribution >= 0.6 is 0 Å². The molecule has 4 nitrogen and oxygen atoms in total. The van der Waals surface area contributed by atoms with E-state index in [0.717, 1.165) is 29.9 Å². The van der Waals surface area contributed by atoms with Crippen molar-refractivity contribution in [1.29, 1.82) is 0 Å². The summed E-state index contributed by atoms with van der Waals surface area (Å²) in [4.78, 5) is 5.05. The highest BCUT2D eigenvalue weighted by atomic mass is 16.6. The zero-order valence-corrected chi connectivity index (χ0v) is 13.2. The molecule has 3 aromatic carbocycles. The molecule has 0 spiro atoms. The molecule has 0 aliphatic heterocycles. The van der Waals surface area contributed by atoms with E-state index in [1.165, 1.54) is 16.5 Å². The van der Waals surface area contributed by atoms with Gasteiger partial charge in [0, 0.05) is 24.2 Å². The molecule has 0 unspecified atom stereocenters. The summed E-state index contributed by atoms with van der Waals surface area (Å²) in [6.45, 7) is 1.62. The SMILES string of the molecule is CONc1ccc(CNCc2ccc(N)cc2)c2ccccc12. The highest BCUT2D eigenvalue weighted by molar-refractivity contribution is 5.95. The molecular formula is C19H21N3O. The van der Waals surface area contributed by atoms with Crippen molar-refractivity contribution in [2.45, 2.75) is 13.1 Å². The van der Waals surface area contributed by atoms with Gasteiger partial charge in [-0.3, -0.25) is 10.3 Å². The Kier molecular flexibility index (Phi) is 4.76. The van der Waals surface area contributed by atoms with Crippen molar-refractivity contribution in [3.63, 3.8) is 0 Å². The van der Waals surface area contributed by atoms with Gasteiger partial charge >= 0.3 is 0 Å². The summed E-state index contributed by atoms with van der Waals surface area (Å²) in [7, 11) is 1.62. The third-order valence-corrected chi connectivity index (χ3v) is 3.85. The molecule has 4 heteroatoms. The van der Waals surface area contributed by atoms with Crippen LogP contribution in [0.4, 0.5) is 11.4 Å². The summed E-state index contributed by atoms with van der Waals surface area (Å²) in [6, 6.07) is 20.5. The predicted molar refractivity (Wildman–Crippen MR) is 96.0 cm³/mol. The molecule has 4 N–H and O–H groups in total. The Labute approximate surface area is 136 Å². The summed E-state index contributed by atoms with van der Waals surface area (Å²) in [5, 5.41) is 5.86. The summed E-state index contributed by atoms with van der Waals surface area (Å²) in [6.07, 6.45) is 0. The van der Waals surface area contributed by atoms with Gasteiger partial charge in [0.1, 0.15) is 0 Å². The molecule has 118 valence electrons. The fourth-order valence-corrected chi connectivity index (χ4v) is 2.69. The first-order valence-electron chi connectivity index (χ1n) is 7.62. The molecule has 0 radical (unpaired) electrons. The van der Waals surface area contributed by atoms with Gasteiger partial charge in [-0.25, -0.2) is 0 Å². The standard InChI is InChI=1S/C19H21N3O/c1-23-22-19-11-8-15(17-4-2-3-5-18(17)19)13-21-12-14-6-9-16(20)10-7-14/h2-11,21-22H,12-13,20H2,1H3. The van der Waals surface area contributed by atoms with Crippen molar-refractivity contribution in [3.8, 4) is 0 Å². The third-order valence-electron chi connectivity index (χ3n) is 3.85. The highest BCUT2D eigenvalue weighted by Gasteiger charge is 2.05. The number of hydrogen-bond donors (Lipinski definition) is 3. The van der Waals surface area contributed by atoms with Gasteiger partial charge in [-0.2, -0.15) is 0 Å². The van der Waals surface area contributed by atoms with Crippen molar-refractivity contribution >= 4 is 22.1 Å². The van der Waals surface area contributed by atoms with Crippen LogP contribution in [-0.4, -0.2) is 7.11 Å². The lowest BCUT2D eigenvalue weighted by molar-refractivity contribution is 0.271. The van der Waals surface area contributed by atoms with Gasteiger partial charge in [-0.15, -0.1) is 0 Å². The topological polar surface area (TPSA) is 59.3 Å². The first kappa shape index (κ1) is 15.3. The Morgan fingerprint density at radius 3 is 2.35 bits per heavy atom. The number of nitrogens with one attached hydrogen (secondary N) is 2. The Hall–Kier alpha value is -2.56. The number of anilines is 2. The number of benzene rings is 3. The lowest BCUT2D eigenvalue weighted by Crippen LogP contribution is -2.13. The fourth-order valence-electron chi connectivity index (χ4n) is 2.69. The van der Waals surface area contributed by atoms with E-state index in [4.69, 9.17) is 10.6 Å². The second-order valence-corrected chi connectivity index (χ2v) is 5.47. The fraction of sp³-hybridized carbons (Fsp3) is 0.158. The normalized spacial score (nSPS) is 10.8. The van der Waals surface area contributed by atoms with E-state index in [9.17, 15) is 0 Å². The van der Waals surface area contributed by atoms with Crippen molar-refractivity contribution in [2.24, 2.45) is 0 Å². The van der Waals surface area contributed by atoms with Gasteiger partial charge in [0.25, 0.3) is 0 Å². The highest BCUT2D eigenvalue weighted by Crippen LogP contribution is 2.26. The molecule has 3 aromatic rings. The molecule has 0 aliphatic rings. The van der Waals surface area contributed by atoms with Crippen LogP contribution in [0.1, 0.15) is 11.1 Å². The second-order valence-electron chi connectivity index (χ2n) is 5.47. The Bertz CT molecular complexity index is 784. The zero-order valence-electron chi connectivity index (χ0n) is 13.2. The Morgan fingerprint density at radius 1 is 0.870 bits per heavy atom. The maximum Gasteiger partial charge on any atom is 0.0683 e. The minimum Gasteiger partial charge on any atom is -0.399 e. The minimum absolute atomic E-state index is 0.793. The lowest BCUT2D eigenvalue weighted by atomic mass is 10.0. The van der Waals surface area contributed by atoms with Crippen molar-refractivity contribution in [3.05, 3.63) is 71.8 Å². The van der Waals surface area contributed by atoms with Crippen molar-refractivity contribution < 1.29 is 4.84 Å². The maximum atomic E-state index is 5.71. The summed E-state index contributed by atoms with van der Waals surface area (Å²) in [5.74, 6) is 0. The molecule has 0 amide bonds. The van der Waals surface area contributed by atoms with Crippen LogP contribution < -0.4 is 16.5 Å². The largest absolute Gasteiger partial charge is 0.399 e. The van der Waals surface area contributed by atoms with Crippen LogP contribution in [0.25, 0.3) is 10.8 Å². The molecule has 0 heterocycles. The average molecular weight is 307 g/mol. The molecule has 0 saturated heterocycles. The molecule has 0 bridgehead atoms.